The first-order valence-corrected chi connectivity index (χ1v) is 10.1. The Kier molecular flexibility index (Phi) is 4.81. The zero-order chi connectivity index (χ0) is 21.8. The third kappa shape index (κ3) is 3.33. The van der Waals surface area contributed by atoms with Crippen molar-refractivity contribution in [1.82, 2.24) is 5.32 Å². The Hall–Kier alpha value is -2.93. The van der Waals surface area contributed by atoms with Crippen LogP contribution in [0, 0.1) is 18.2 Å². The number of hydrogen-bond donors (Lipinski definition) is 3. The van der Waals surface area contributed by atoms with Crippen LogP contribution < -0.4 is 26.8 Å². The Bertz CT molecular complexity index is 1180. The fourth-order valence-electron chi connectivity index (χ4n) is 3.97. The van der Waals surface area contributed by atoms with E-state index in [1.54, 1.807) is 6.07 Å². The smallest absolute Gasteiger partial charge is 0.253 e. The molecule has 1 aromatic heterocycles. The van der Waals surface area contributed by atoms with E-state index in [0.29, 0.717) is 12.3 Å². The number of benzene rings is 1. The molecule has 2 aromatic carbocycles. The van der Waals surface area contributed by atoms with E-state index in [-0.39, 0.29) is 34.6 Å². The largest absolute Gasteiger partial charge is 0.464 e. The Morgan fingerprint density at radius 2 is 1.80 bits per heavy atom. The van der Waals surface area contributed by atoms with Gasteiger partial charge in [0.25, 0.3) is 10.9 Å². The van der Waals surface area contributed by atoms with Crippen LogP contribution in [0.25, 0.3) is 0 Å². The molecule has 0 saturated carbocycles. The molecule has 0 saturated heterocycles. The van der Waals surface area contributed by atoms with Crippen molar-refractivity contribution in [1.29, 1.82) is 0 Å². The molecule has 2 atom stereocenters. The van der Waals surface area contributed by atoms with Crippen molar-refractivity contribution in [2.75, 3.05) is 10.6 Å². The highest BCUT2D eigenvalue weighted by atomic mass is 19.1. The molecule has 2 heterocycles. The predicted octanol–water partition coefficient (Wildman–Crippen LogP) is 4.43. The number of rotatable bonds is 5. The van der Waals surface area contributed by atoms with Gasteiger partial charge in [0, 0.05) is 12.6 Å². The van der Waals surface area contributed by atoms with E-state index < -0.39 is 16.7 Å². The molecule has 1 aliphatic rings. The van der Waals surface area contributed by atoms with Gasteiger partial charge in [0.15, 0.2) is 0 Å². The van der Waals surface area contributed by atoms with E-state index in [1.807, 2.05) is 46.8 Å². The maximum atomic E-state index is 14.6. The number of fused-ring (bicyclic) bond motifs is 1. The van der Waals surface area contributed by atoms with Crippen molar-refractivity contribution >= 4 is 17.1 Å². The van der Waals surface area contributed by atoms with E-state index in [9.17, 15) is 14.0 Å². The fourth-order valence-corrected chi connectivity index (χ4v) is 3.97. The van der Waals surface area contributed by atoms with Gasteiger partial charge in [-0.1, -0.05) is 26.8 Å². The zero-order valence-corrected chi connectivity index (χ0v) is 17.8. The lowest BCUT2D eigenvalue weighted by atomic mass is 9.85. The number of hydrogen-bond acceptors (Lipinski definition) is 6. The molecular formula is C23H26FN3O3. The fraction of sp³-hybridized carbons (Fsp3) is 0.391. The normalized spacial score (nSPS) is 17.2. The first-order chi connectivity index (χ1) is 14.1. The molecule has 30 heavy (non-hydrogen) atoms. The molecule has 3 N–H and O–H groups in total. The quantitative estimate of drug-likeness (QED) is 0.539. The molecule has 0 aliphatic carbocycles. The van der Waals surface area contributed by atoms with Crippen LogP contribution in [0.4, 0.5) is 21.5 Å². The van der Waals surface area contributed by atoms with Crippen LogP contribution in [-0.2, 0) is 6.54 Å². The van der Waals surface area contributed by atoms with Crippen LogP contribution in [0.3, 0.4) is 0 Å². The lowest BCUT2D eigenvalue weighted by molar-refractivity contribution is 0.300. The summed E-state index contributed by atoms with van der Waals surface area (Å²) in [4.78, 5) is 24.7. The minimum Gasteiger partial charge on any atom is -0.464 e. The molecule has 0 fully saturated rings. The maximum Gasteiger partial charge on any atom is 0.253 e. The van der Waals surface area contributed by atoms with E-state index in [4.69, 9.17) is 4.42 Å². The molecule has 7 heteroatoms. The number of nitrogens with one attached hydrogen (secondary N) is 3. The molecular weight excluding hydrogens is 385 g/mol. The van der Waals surface area contributed by atoms with Crippen molar-refractivity contribution in [3.8, 4) is 0 Å². The molecule has 0 bridgehead atoms. The maximum absolute atomic E-state index is 14.6. The monoisotopic (exact) mass is 411 g/mol. The number of aryl methyl sites for hydroxylation is 1. The topological polar surface area (TPSA) is 83.4 Å². The van der Waals surface area contributed by atoms with E-state index in [0.717, 1.165) is 16.9 Å². The average Bonchev–Trinajstić information content (AvgIpc) is 3.27. The number of halogens is 1. The van der Waals surface area contributed by atoms with E-state index >= 15 is 0 Å². The van der Waals surface area contributed by atoms with Gasteiger partial charge in [0.05, 0.1) is 11.7 Å². The molecule has 3 aromatic rings. The average molecular weight is 411 g/mol. The van der Waals surface area contributed by atoms with Crippen molar-refractivity contribution in [2.45, 2.75) is 53.2 Å². The van der Waals surface area contributed by atoms with Crippen LogP contribution >= 0.6 is 0 Å². The van der Waals surface area contributed by atoms with Gasteiger partial charge in [0.1, 0.15) is 28.7 Å². The number of anilines is 3. The highest BCUT2D eigenvalue weighted by Crippen LogP contribution is 2.39. The summed E-state index contributed by atoms with van der Waals surface area (Å²) in [6.07, 6.45) is 0. The summed E-state index contributed by atoms with van der Waals surface area (Å²) in [7, 11) is 0. The molecule has 0 spiro atoms. The summed E-state index contributed by atoms with van der Waals surface area (Å²) in [6.45, 7) is 10.4. The summed E-state index contributed by atoms with van der Waals surface area (Å²) in [5.74, 6) is 0.967. The molecule has 1 unspecified atom stereocenters. The van der Waals surface area contributed by atoms with Gasteiger partial charge in [-0.05, 0) is 48.6 Å². The van der Waals surface area contributed by atoms with Gasteiger partial charge in [-0.15, -0.1) is 0 Å². The van der Waals surface area contributed by atoms with Crippen molar-refractivity contribution in [2.24, 2.45) is 5.41 Å². The predicted molar refractivity (Wildman–Crippen MR) is 116 cm³/mol. The second kappa shape index (κ2) is 7.09. The van der Waals surface area contributed by atoms with Gasteiger partial charge in [-0.3, -0.25) is 9.59 Å². The summed E-state index contributed by atoms with van der Waals surface area (Å²) in [6, 6.07) is 6.59. The van der Waals surface area contributed by atoms with Crippen LogP contribution in [0.1, 0.15) is 62.4 Å². The van der Waals surface area contributed by atoms with Crippen LogP contribution in [0.15, 0.2) is 38.3 Å². The van der Waals surface area contributed by atoms with Crippen LogP contribution in [0.5, 0.6) is 0 Å². The van der Waals surface area contributed by atoms with Crippen molar-refractivity contribution < 1.29 is 8.81 Å². The lowest BCUT2D eigenvalue weighted by Crippen LogP contribution is -2.39. The molecule has 158 valence electrons. The highest BCUT2D eigenvalue weighted by molar-refractivity contribution is 5.80. The summed E-state index contributed by atoms with van der Waals surface area (Å²) in [5, 5.41) is 9.36. The lowest BCUT2D eigenvalue weighted by Gasteiger charge is -2.31. The molecule has 4 rings (SSSR count). The Morgan fingerprint density at radius 3 is 2.43 bits per heavy atom. The van der Waals surface area contributed by atoms with E-state index in [2.05, 4.69) is 16.0 Å². The second-order valence-electron chi connectivity index (χ2n) is 9.02. The first kappa shape index (κ1) is 20.3. The van der Waals surface area contributed by atoms with Crippen molar-refractivity contribution in [3.63, 3.8) is 0 Å². The third-order valence-corrected chi connectivity index (χ3v) is 5.71. The van der Waals surface area contributed by atoms with Crippen LogP contribution in [-0.4, -0.2) is 0 Å². The van der Waals surface area contributed by atoms with Gasteiger partial charge in [0.2, 0.25) is 0 Å². The van der Waals surface area contributed by atoms with Gasteiger partial charge < -0.3 is 20.4 Å². The van der Waals surface area contributed by atoms with Gasteiger partial charge in [-0.2, -0.15) is 0 Å². The SMILES string of the molecule is Cc1ccc([C@H](Nc2c(Nc3c(F)ccc4c3CNC4C)c(=O)c2=O)C(C)(C)C)o1. The minimum atomic E-state index is -0.656. The summed E-state index contributed by atoms with van der Waals surface area (Å²) in [5.41, 5.74) is 0.655. The zero-order valence-electron chi connectivity index (χ0n) is 17.8. The Morgan fingerprint density at radius 1 is 1.10 bits per heavy atom. The minimum absolute atomic E-state index is 0.0874. The molecule has 1 aliphatic heterocycles. The van der Waals surface area contributed by atoms with Gasteiger partial charge >= 0.3 is 0 Å². The van der Waals surface area contributed by atoms with Gasteiger partial charge in [-0.25, -0.2) is 4.39 Å². The van der Waals surface area contributed by atoms with E-state index in [1.165, 1.54) is 6.07 Å². The third-order valence-electron chi connectivity index (χ3n) is 5.71. The Balaban J connectivity index is 1.70. The highest BCUT2D eigenvalue weighted by Gasteiger charge is 2.33. The van der Waals surface area contributed by atoms with Crippen molar-refractivity contribution in [3.05, 3.63) is 73.2 Å². The standard InChI is InChI=1S/C23H26FN3O3/c1-11-6-9-16(30-11)22(23(3,4)5)27-19-18(20(28)21(19)29)26-17-14-10-25-12(2)13(14)7-8-15(17)24/h6-9,12,22,25-27H,10H2,1-5H3/t12?,22-/m0/s1. The summed E-state index contributed by atoms with van der Waals surface area (Å²) < 4.78 is 20.4. The first-order valence-electron chi connectivity index (χ1n) is 10.1. The Labute approximate surface area is 174 Å². The van der Waals surface area contributed by atoms with Crippen LogP contribution in [0.2, 0.25) is 0 Å². The number of furan rings is 1. The summed E-state index contributed by atoms with van der Waals surface area (Å²) >= 11 is 0. The molecule has 0 amide bonds. The second-order valence-corrected chi connectivity index (χ2v) is 9.02. The molecule has 0 radical (unpaired) electrons. The molecule has 6 nitrogen and oxygen atoms in total.